The number of hydrogen-bond acceptors (Lipinski definition) is 1. The van der Waals surface area contributed by atoms with Gasteiger partial charge in [-0.05, 0) is 25.7 Å². The lowest BCUT2D eigenvalue weighted by Crippen LogP contribution is -2.41. The monoisotopic (exact) mass is 314 g/mol. The Balaban J connectivity index is 3.35. The summed E-state index contributed by atoms with van der Waals surface area (Å²) in [6.45, 7) is 4.60. The molecule has 0 rings (SSSR count). The van der Waals surface area contributed by atoms with E-state index in [0.29, 0.717) is 6.42 Å². The van der Waals surface area contributed by atoms with E-state index in [0.717, 1.165) is 23.9 Å². The first kappa shape index (κ1) is 21.4. The lowest BCUT2D eigenvalue weighted by molar-refractivity contribution is -0.890. The van der Waals surface area contributed by atoms with Crippen LogP contribution in [-0.4, -0.2) is 42.7 Å². The molecule has 0 saturated carbocycles. The van der Waals surface area contributed by atoms with Crippen molar-refractivity contribution in [3.05, 3.63) is 0 Å². The summed E-state index contributed by atoms with van der Waals surface area (Å²) in [5.41, 5.74) is 0. The number of unbranched alkanes of at least 4 members (excludes halogenated alkanes) is 10. The van der Waals surface area contributed by atoms with Crippen LogP contribution in [-0.2, 0) is 4.79 Å². The van der Waals surface area contributed by atoms with E-state index in [1.165, 1.54) is 70.8 Å². The number of carbonyl (C=O) groups is 1. The first-order valence-corrected chi connectivity index (χ1v) is 9.52. The second kappa shape index (κ2) is 14.0. The molecule has 0 radical (unpaired) electrons. The second-order valence-electron chi connectivity index (χ2n) is 7.42. The molecule has 3 nitrogen and oxygen atoms in total. The Hall–Kier alpha value is -0.570. The topological polar surface area (TPSA) is 37.3 Å². The van der Waals surface area contributed by atoms with Crippen molar-refractivity contribution in [2.75, 3.05) is 27.2 Å². The highest BCUT2D eigenvalue weighted by molar-refractivity contribution is 5.66. The van der Waals surface area contributed by atoms with Crippen LogP contribution in [0.2, 0.25) is 0 Å². The Labute approximate surface area is 138 Å². The van der Waals surface area contributed by atoms with Crippen molar-refractivity contribution in [3.8, 4) is 0 Å². The quantitative estimate of drug-likeness (QED) is 0.312. The molecule has 0 aliphatic rings. The summed E-state index contributed by atoms with van der Waals surface area (Å²) in [6.07, 6.45) is 16.0. The number of aliphatic carboxylic acids is 1. The van der Waals surface area contributed by atoms with Crippen LogP contribution < -0.4 is 0 Å². The van der Waals surface area contributed by atoms with Crippen LogP contribution in [0.4, 0.5) is 0 Å². The molecule has 132 valence electrons. The Morgan fingerprint density at radius 3 is 1.59 bits per heavy atom. The third-order valence-corrected chi connectivity index (χ3v) is 4.52. The molecular formula is C19H40NO2+. The van der Waals surface area contributed by atoms with E-state index in [-0.39, 0.29) is 0 Å². The Morgan fingerprint density at radius 2 is 1.14 bits per heavy atom. The average molecular weight is 315 g/mol. The van der Waals surface area contributed by atoms with Gasteiger partial charge in [-0.1, -0.05) is 58.3 Å². The van der Waals surface area contributed by atoms with Crippen LogP contribution in [0.3, 0.4) is 0 Å². The van der Waals surface area contributed by atoms with E-state index in [9.17, 15) is 4.79 Å². The van der Waals surface area contributed by atoms with Crippen molar-refractivity contribution >= 4 is 5.97 Å². The van der Waals surface area contributed by atoms with Crippen molar-refractivity contribution in [1.29, 1.82) is 0 Å². The molecule has 0 heterocycles. The summed E-state index contributed by atoms with van der Waals surface area (Å²) in [4.78, 5) is 10.5. The molecule has 0 bridgehead atoms. The molecule has 22 heavy (non-hydrogen) atoms. The molecule has 0 amide bonds. The minimum Gasteiger partial charge on any atom is -0.481 e. The molecule has 0 unspecified atom stereocenters. The van der Waals surface area contributed by atoms with E-state index >= 15 is 0 Å². The predicted octanol–water partition coefficient (Wildman–Crippen LogP) is 5.24. The molecule has 1 N–H and O–H groups in total. The molecule has 3 heteroatoms. The lowest BCUT2D eigenvalue weighted by atomic mass is 10.1. The number of rotatable bonds is 16. The fourth-order valence-corrected chi connectivity index (χ4v) is 2.96. The molecule has 0 aromatic heterocycles. The smallest absolute Gasteiger partial charge is 0.303 e. The maximum absolute atomic E-state index is 10.5. The van der Waals surface area contributed by atoms with Gasteiger partial charge in [0.1, 0.15) is 0 Å². The van der Waals surface area contributed by atoms with Crippen LogP contribution in [0.1, 0.15) is 90.4 Å². The van der Waals surface area contributed by atoms with Crippen LogP contribution in [0.15, 0.2) is 0 Å². The van der Waals surface area contributed by atoms with Gasteiger partial charge in [0.2, 0.25) is 0 Å². The molecule has 0 spiro atoms. The zero-order valence-corrected chi connectivity index (χ0v) is 15.4. The van der Waals surface area contributed by atoms with Gasteiger partial charge in [0.25, 0.3) is 0 Å². The molecule has 0 aliphatic carbocycles. The number of carboxylic acids is 1. The standard InChI is InChI=1S/C19H39NO2/c1-4-5-6-7-8-9-10-11-12-14-17-20(2,3)18-15-13-16-19(21)22/h4-18H2,1-3H3/p+1. The predicted molar refractivity (Wildman–Crippen MR) is 95.2 cm³/mol. The van der Waals surface area contributed by atoms with Crippen LogP contribution >= 0.6 is 0 Å². The Kier molecular flexibility index (Phi) is 13.7. The fourth-order valence-electron chi connectivity index (χ4n) is 2.96. The maximum Gasteiger partial charge on any atom is 0.303 e. The Bertz CT molecular complexity index is 264. The molecule has 0 atom stereocenters. The first-order chi connectivity index (χ1) is 10.5. The van der Waals surface area contributed by atoms with Gasteiger partial charge < -0.3 is 9.59 Å². The average Bonchev–Trinajstić information content (AvgIpc) is 2.45. The maximum atomic E-state index is 10.5. The van der Waals surface area contributed by atoms with Gasteiger partial charge >= 0.3 is 5.97 Å². The third kappa shape index (κ3) is 15.8. The van der Waals surface area contributed by atoms with Gasteiger partial charge in [-0.15, -0.1) is 0 Å². The highest BCUT2D eigenvalue weighted by Crippen LogP contribution is 2.12. The molecule has 0 aromatic rings. The van der Waals surface area contributed by atoms with Gasteiger partial charge in [-0.2, -0.15) is 0 Å². The largest absolute Gasteiger partial charge is 0.481 e. The number of nitrogens with zero attached hydrogens (tertiary/aromatic N) is 1. The third-order valence-electron chi connectivity index (χ3n) is 4.52. The van der Waals surface area contributed by atoms with E-state index < -0.39 is 5.97 Å². The van der Waals surface area contributed by atoms with E-state index in [4.69, 9.17) is 5.11 Å². The van der Waals surface area contributed by atoms with E-state index in [2.05, 4.69) is 21.0 Å². The van der Waals surface area contributed by atoms with Gasteiger partial charge in [0.05, 0.1) is 27.2 Å². The summed E-state index contributed by atoms with van der Waals surface area (Å²) < 4.78 is 1.04. The van der Waals surface area contributed by atoms with Crippen molar-refractivity contribution in [2.24, 2.45) is 0 Å². The summed E-state index contributed by atoms with van der Waals surface area (Å²) in [5.74, 6) is -0.667. The molecule has 0 fully saturated rings. The number of carboxylic acid groups (broad SMARTS) is 1. The van der Waals surface area contributed by atoms with Gasteiger partial charge in [-0.25, -0.2) is 0 Å². The molecular weight excluding hydrogens is 274 g/mol. The van der Waals surface area contributed by atoms with E-state index in [1.54, 1.807) is 0 Å². The van der Waals surface area contributed by atoms with Gasteiger partial charge in [0.15, 0.2) is 0 Å². The van der Waals surface area contributed by atoms with E-state index in [1.807, 2.05) is 0 Å². The van der Waals surface area contributed by atoms with Crippen molar-refractivity contribution in [2.45, 2.75) is 90.4 Å². The SMILES string of the molecule is CCCCCCCCCCCC[N+](C)(C)CCCCC(=O)O. The summed E-state index contributed by atoms with van der Waals surface area (Å²) in [5, 5.41) is 8.64. The van der Waals surface area contributed by atoms with Crippen molar-refractivity contribution in [3.63, 3.8) is 0 Å². The molecule has 0 aromatic carbocycles. The zero-order chi connectivity index (χ0) is 16.7. The highest BCUT2D eigenvalue weighted by Gasteiger charge is 2.13. The Morgan fingerprint density at radius 1 is 0.727 bits per heavy atom. The minimum absolute atomic E-state index is 0.318. The van der Waals surface area contributed by atoms with Gasteiger partial charge in [-0.3, -0.25) is 4.79 Å². The first-order valence-electron chi connectivity index (χ1n) is 9.52. The zero-order valence-electron chi connectivity index (χ0n) is 15.4. The molecule has 0 aliphatic heterocycles. The lowest BCUT2D eigenvalue weighted by Gasteiger charge is -2.29. The summed E-state index contributed by atoms with van der Waals surface area (Å²) >= 11 is 0. The van der Waals surface area contributed by atoms with Crippen LogP contribution in [0.5, 0.6) is 0 Å². The summed E-state index contributed by atoms with van der Waals surface area (Å²) in [7, 11) is 4.54. The summed E-state index contributed by atoms with van der Waals surface area (Å²) in [6, 6.07) is 0. The van der Waals surface area contributed by atoms with Crippen LogP contribution in [0, 0.1) is 0 Å². The molecule has 0 saturated heterocycles. The normalized spacial score (nSPS) is 11.8. The fraction of sp³-hybridized carbons (Fsp3) is 0.947. The minimum atomic E-state index is -0.667. The number of hydrogen-bond donors (Lipinski definition) is 1. The van der Waals surface area contributed by atoms with Gasteiger partial charge in [0, 0.05) is 6.42 Å². The highest BCUT2D eigenvalue weighted by atomic mass is 16.4. The number of quaternary nitrogens is 1. The van der Waals surface area contributed by atoms with Crippen molar-refractivity contribution < 1.29 is 14.4 Å². The second-order valence-corrected chi connectivity index (χ2v) is 7.42. The van der Waals surface area contributed by atoms with Crippen LogP contribution in [0.25, 0.3) is 0 Å². The van der Waals surface area contributed by atoms with Crippen molar-refractivity contribution in [1.82, 2.24) is 0 Å².